The van der Waals surface area contributed by atoms with Gasteiger partial charge < -0.3 is 11.5 Å². The second-order valence-corrected chi connectivity index (χ2v) is 6.13. The normalized spacial score (nSPS) is 11.2. The van der Waals surface area contributed by atoms with E-state index in [1.807, 2.05) is 6.08 Å². The molecule has 0 aliphatic rings. The molecule has 0 unspecified atom stereocenters. The monoisotopic (exact) mass is 282 g/mol. The highest BCUT2D eigenvalue weighted by atomic mass is 14.8. The largest absolute Gasteiger partial charge is 0.316 e. The molecule has 0 heterocycles. The Bertz CT molecular complexity index is 190. The summed E-state index contributed by atoms with van der Waals surface area (Å²) in [5.74, 6) is 0. The van der Waals surface area contributed by atoms with Gasteiger partial charge in [-0.25, -0.2) is 0 Å². The minimum absolute atomic E-state index is 0.105. The third kappa shape index (κ3) is 17.7. The van der Waals surface area contributed by atoms with Gasteiger partial charge in [0.25, 0.3) is 0 Å². The summed E-state index contributed by atoms with van der Waals surface area (Å²) in [4.78, 5) is 0. The van der Waals surface area contributed by atoms with Crippen molar-refractivity contribution < 1.29 is 0 Å². The molecule has 2 heteroatoms. The lowest BCUT2D eigenvalue weighted by atomic mass is 10.0. The summed E-state index contributed by atoms with van der Waals surface area (Å²) in [7, 11) is 0. The van der Waals surface area contributed by atoms with Gasteiger partial charge in [-0.05, 0) is 19.3 Å². The highest BCUT2D eigenvalue weighted by Gasteiger charge is 1.95. The van der Waals surface area contributed by atoms with Crippen molar-refractivity contribution >= 4 is 0 Å². The molecule has 0 fully saturated rings. The van der Waals surface area contributed by atoms with E-state index in [1.54, 1.807) is 0 Å². The molecule has 0 amide bonds. The standard InChI is InChI=1S/C18H38N2/c1-2-3-4-5-6-7-8-9-10-11-12-13-14-15-16-17-18(19)20/h2,18H,1,3-17,19-20H2. The number of unbranched alkanes of at least 4 members (excludes halogenated alkanes) is 13. The summed E-state index contributed by atoms with van der Waals surface area (Å²) < 4.78 is 0. The second kappa shape index (κ2) is 16.7. The van der Waals surface area contributed by atoms with Gasteiger partial charge in [0.1, 0.15) is 0 Å². The fourth-order valence-electron chi connectivity index (χ4n) is 2.61. The first-order valence-electron chi connectivity index (χ1n) is 8.89. The van der Waals surface area contributed by atoms with E-state index in [1.165, 1.54) is 89.9 Å². The van der Waals surface area contributed by atoms with E-state index in [-0.39, 0.29) is 6.17 Å². The van der Waals surface area contributed by atoms with E-state index >= 15 is 0 Å². The number of allylic oxidation sites excluding steroid dienone is 1. The maximum absolute atomic E-state index is 5.52. The zero-order valence-corrected chi connectivity index (χ0v) is 13.6. The van der Waals surface area contributed by atoms with Crippen LogP contribution in [0.5, 0.6) is 0 Å². The summed E-state index contributed by atoms with van der Waals surface area (Å²) >= 11 is 0. The van der Waals surface area contributed by atoms with Crippen LogP contribution in [0, 0.1) is 0 Å². The lowest BCUT2D eigenvalue weighted by Gasteiger charge is -2.05. The van der Waals surface area contributed by atoms with Crippen LogP contribution < -0.4 is 11.5 Å². The first kappa shape index (κ1) is 19.7. The molecule has 0 spiro atoms. The molecule has 0 saturated heterocycles. The molecule has 0 aliphatic heterocycles. The number of rotatable bonds is 16. The van der Waals surface area contributed by atoms with Gasteiger partial charge in [0.15, 0.2) is 0 Å². The minimum Gasteiger partial charge on any atom is -0.316 e. The Morgan fingerprint density at radius 1 is 0.600 bits per heavy atom. The molecule has 0 atom stereocenters. The van der Waals surface area contributed by atoms with Crippen LogP contribution in [0.25, 0.3) is 0 Å². The van der Waals surface area contributed by atoms with Crippen LogP contribution in [-0.2, 0) is 0 Å². The van der Waals surface area contributed by atoms with E-state index in [0.717, 1.165) is 6.42 Å². The SMILES string of the molecule is C=CCCCCCCCCCCCCCCCC(N)N. The van der Waals surface area contributed by atoms with Crippen LogP contribution in [0.2, 0.25) is 0 Å². The topological polar surface area (TPSA) is 52.0 Å². The van der Waals surface area contributed by atoms with Crippen LogP contribution in [0.15, 0.2) is 12.7 Å². The molecule has 0 bridgehead atoms. The van der Waals surface area contributed by atoms with Crippen LogP contribution in [0.1, 0.15) is 96.3 Å². The van der Waals surface area contributed by atoms with Gasteiger partial charge in [0, 0.05) is 0 Å². The second-order valence-electron chi connectivity index (χ2n) is 6.13. The molecule has 0 saturated carbocycles. The Kier molecular flexibility index (Phi) is 16.4. The van der Waals surface area contributed by atoms with Crippen molar-refractivity contribution in [3.8, 4) is 0 Å². The predicted molar refractivity (Wildman–Crippen MR) is 91.6 cm³/mol. The maximum atomic E-state index is 5.52. The predicted octanol–water partition coefficient (Wildman–Crippen LogP) is 5.27. The van der Waals surface area contributed by atoms with Crippen molar-refractivity contribution in [2.24, 2.45) is 11.5 Å². The molecule has 120 valence electrons. The van der Waals surface area contributed by atoms with Crippen LogP contribution in [0.3, 0.4) is 0 Å². The average molecular weight is 283 g/mol. The lowest BCUT2D eigenvalue weighted by Crippen LogP contribution is -2.29. The lowest BCUT2D eigenvalue weighted by molar-refractivity contribution is 0.520. The third-order valence-corrected chi connectivity index (χ3v) is 3.95. The summed E-state index contributed by atoms with van der Waals surface area (Å²) in [6, 6.07) is 0. The Labute approximate surface area is 127 Å². The first-order valence-corrected chi connectivity index (χ1v) is 8.89. The van der Waals surface area contributed by atoms with E-state index in [9.17, 15) is 0 Å². The first-order chi connectivity index (χ1) is 9.77. The van der Waals surface area contributed by atoms with E-state index in [4.69, 9.17) is 11.5 Å². The van der Waals surface area contributed by atoms with Gasteiger partial charge in [0.2, 0.25) is 0 Å². The Morgan fingerprint density at radius 3 is 1.30 bits per heavy atom. The van der Waals surface area contributed by atoms with Crippen molar-refractivity contribution in [1.29, 1.82) is 0 Å². The summed E-state index contributed by atoms with van der Waals surface area (Å²) in [5, 5.41) is 0. The zero-order chi connectivity index (χ0) is 14.9. The van der Waals surface area contributed by atoms with Gasteiger partial charge in [0.05, 0.1) is 6.17 Å². The van der Waals surface area contributed by atoms with Crippen LogP contribution >= 0.6 is 0 Å². The van der Waals surface area contributed by atoms with Crippen molar-refractivity contribution in [1.82, 2.24) is 0 Å². The molecular formula is C18H38N2. The summed E-state index contributed by atoms with van der Waals surface area (Å²) in [5.41, 5.74) is 11.0. The number of hydrogen-bond donors (Lipinski definition) is 2. The maximum Gasteiger partial charge on any atom is 0.0520 e. The Hall–Kier alpha value is -0.340. The van der Waals surface area contributed by atoms with Crippen molar-refractivity contribution in [3.05, 3.63) is 12.7 Å². The molecule has 2 nitrogen and oxygen atoms in total. The van der Waals surface area contributed by atoms with Gasteiger partial charge >= 0.3 is 0 Å². The smallest absolute Gasteiger partial charge is 0.0520 e. The molecule has 0 aromatic rings. The van der Waals surface area contributed by atoms with Crippen molar-refractivity contribution in [3.63, 3.8) is 0 Å². The quantitative estimate of drug-likeness (QED) is 0.230. The van der Waals surface area contributed by atoms with E-state index in [0.29, 0.717) is 0 Å². The van der Waals surface area contributed by atoms with Gasteiger partial charge in [-0.2, -0.15) is 0 Å². The fraction of sp³-hybridized carbons (Fsp3) is 0.889. The van der Waals surface area contributed by atoms with Gasteiger partial charge in [-0.1, -0.05) is 83.1 Å². The molecule has 20 heavy (non-hydrogen) atoms. The van der Waals surface area contributed by atoms with Crippen molar-refractivity contribution in [2.75, 3.05) is 0 Å². The molecular weight excluding hydrogens is 244 g/mol. The molecule has 0 radical (unpaired) electrons. The highest BCUT2D eigenvalue weighted by molar-refractivity contribution is 4.65. The Morgan fingerprint density at radius 2 is 0.950 bits per heavy atom. The van der Waals surface area contributed by atoms with E-state index < -0.39 is 0 Å². The van der Waals surface area contributed by atoms with E-state index in [2.05, 4.69) is 6.58 Å². The number of nitrogens with two attached hydrogens (primary N) is 2. The minimum atomic E-state index is -0.105. The van der Waals surface area contributed by atoms with Crippen LogP contribution in [-0.4, -0.2) is 6.17 Å². The summed E-state index contributed by atoms with van der Waals surface area (Å²) in [6.07, 6.45) is 22.0. The Balaban J connectivity index is 2.94. The van der Waals surface area contributed by atoms with Gasteiger partial charge in [-0.3, -0.25) is 0 Å². The molecule has 0 aromatic heterocycles. The average Bonchev–Trinajstić information content (AvgIpc) is 2.43. The molecule has 4 N–H and O–H groups in total. The summed E-state index contributed by atoms with van der Waals surface area (Å²) in [6.45, 7) is 3.76. The van der Waals surface area contributed by atoms with Gasteiger partial charge in [-0.15, -0.1) is 6.58 Å². The molecule has 0 aromatic carbocycles. The molecule has 0 rings (SSSR count). The third-order valence-electron chi connectivity index (χ3n) is 3.95. The van der Waals surface area contributed by atoms with Crippen LogP contribution in [0.4, 0.5) is 0 Å². The molecule has 0 aliphatic carbocycles. The highest BCUT2D eigenvalue weighted by Crippen LogP contribution is 2.13. The van der Waals surface area contributed by atoms with Crippen molar-refractivity contribution in [2.45, 2.75) is 102 Å². The fourth-order valence-corrected chi connectivity index (χ4v) is 2.61. The zero-order valence-electron chi connectivity index (χ0n) is 13.6. The number of hydrogen-bond acceptors (Lipinski definition) is 2.